The minimum absolute atomic E-state index is 0.198. The molecule has 0 bridgehead atoms. The molecular formula is C25H27N. The maximum atomic E-state index is 2.51. The smallest absolute Gasteiger partial charge is 0.0247 e. The summed E-state index contributed by atoms with van der Waals surface area (Å²) >= 11 is 0. The van der Waals surface area contributed by atoms with Gasteiger partial charge in [0.1, 0.15) is 0 Å². The van der Waals surface area contributed by atoms with Crippen LogP contribution in [0.3, 0.4) is 0 Å². The fourth-order valence-electron chi connectivity index (χ4n) is 4.33. The van der Waals surface area contributed by atoms with Crippen LogP contribution in [0.5, 0.6) is 0 Å². The molecule has 1 aliphatic carbocycles. The van der Waals surface area contributed by atoms with Gasteiger partial charge in [-0.05, 0) is 42.5 Å². The molecule has 1 nitrogen and oxygen atoms in total. The van der Waals surface area contributed by atoms with Gasteiger partial charge in [0.2, 0.25) is 0 Å². The van der Waals surface area contributed by atoms with E-state index in [0.29, 0.717) is 5.92 Å². The summed E-state index contributed by atoms with van der Waals surface area (Å²) in [5.74, 6) is 0.688. The van der Waals surface area contributed by atoms with Crippen LogP contribution in [0.25, 0.3) is 0 Å². The third kappa shape index (κ3) is 3.45. The summed E-state index contributed by atoms with van der Waals surface area (Å²) in [7, 11) is 2.27. The van der Waals surface area contributed by atoms with Gasteiger partial charge in [-0.25, -0.2) is 0 Å². The molecule has 0 aromatic heterocycles. The second-order valence-electron chi connectivity index (χ2n) is 7.60. The van der Waals surface area contributed by atoms with Crippen molar-refractivity contribution in [3.8, 4) is 0 Å². The zero-order valence-corrected chi connectivity index (χ0v) is 15.5. The number of rotatable bonds is 7. The molecule has 0 amide bonds. The summed E-state index contributed by atoms with van der Waals surface area (Å²) in [5, 5.41) is 0. The van der Waals surface area contributed by atoms with Crippen LogP contribution in [0, 0.1) is 5.92 Å². The van der Waals surface area contributed by atoms with Crippen molar-refractivity contribution in [2.45, 2.75) is 18.3 Å². The largest absolute Gasteiger partial charge is 0.306 e. The normalized spacial score (nSPS) is 18.0. The van der Waals surface area contributed by atoms with Crippen LogP contribution in [0.4, 0.5) is 0 Å². The maximum Gasteiger partial charge on any atom is 0.0247 e. The molecule has 1 aliphatic rings. The first-order valence-electron chi connectivity index (χ1n) is 9.62. The molecule has 1 heteroatoms. The molecule has 0 spiro atoms. The van der Waals surface area contributed by atoms with Gasteiger partial charge in [-0.1, -0.05) is 91.0 Å². The Morgan fingerprint density at radius 3 is 1.81 bits per heavy atom. The van der Waals surface area contributed by atoms with Gasteiger partial charge < -0.3 is 4.90 Å². The Balaban J connectivity index is 1.47. The first-order valence-corrected chi connectivity index (χ1v) is 9.62. The van der Waals surface area contributed by atoms with Crippen LogP contribution in [-0.4, -0.2) is 25.0 Å². The van der Waals surface area contributed by atoms with Gasteiger partial charge in [0.05, 0.1) is 0 Å². The van der Waals surface area contributed by atoms with Crippen molar-refractivity contribution in [2.75, 3.05) is 20.1 Å². The molecule has 1 fully saturated rings. The Morgan fingerprint density at radius 1 is 0.769 bits per heavy atom. The van der Waals surface area contributed by atoms with Gasteiger partial charge in [0, 0.05) is 18.5 Å². The van der Waals surface area contributed by atoms with Gasteiger partial charge >= 0.3 is 0 Å². The maximum absolute atomic E-state index is 2.51. The first kappa shape index (κ1) is 17.1. The van der Waals surface area contributed by atoms with E-state index in [2.05, 4.69) is 103 Å². The summed E-state index contributed by atoms with van der Waals surface area (Å²) < 4.78 is 0. The molecule has 26 heavy (non-hydrogen) atoms. The second-order valence-corrected chi connectivity index (χ2v) is 7.60. The lowest BCUT2D eigenvalue weighted by molar-refractivity contribution is 0.316. The number of likely N-dealkylation sites (N-methyl/N-ethyl adjacent to an activating group) is 1. The fourth-order valence-corrected chi connectivity index (χ4v) is 4.33. The molecule has 1 saturated carbocycles. The molecule has 4 rings (SSSR count). The predicted octanol–water partition coefficient (Wildman–Crippen LogP) is 5.17. The number of benzene rings is 3. The number of hydrogen-bond donors (Lipinski definition) is 0. The zero-order chi connectivity index (χ0) is 17.8. The molecule has 0 N–H and O–H groups in total. The van der Waals surface area contributed by atoms with E-state index in [1.165, 1.54) is 23.1 Å². The summed E-state index contributed by atoms with van der Waals surface area (Å²) in [6.07, 6.45) is 2.37. The molecule has 0 aliphatic heterocycles. The third-order valence-corrected chi connectivity index (χ3v) is 5.84. The number of nitrogens with zero attached hydrogens (tertiary/aromatic N) is 1. The highest BCUT2D eigenvalue weighted by atomic mass is 15.1. The summed E-state index contributed by atoms with van der Waals surface area (Å²) in [4.78, 5) is 2.51. The van der Waals surface area contributed by atoms with Gasteiger partial charge in [-0.2, -0.15) is 0 Å². The Hall–Kier alpha value is -2.38. The Labute approximate surface area is 157 Å². The molecule has 0 saturated heterocycles. The molecular weight excluding hydrogens is 314 g/mol. The van der Waals surface area contributed by atoms with E-state index in [9.17, 15) is 0 Å². The minimum Gasteiger partial charge on any atom is -0.306 e. The van der Waals surface area contributed by atoms with Crippen LogP contribution in [0.2, 0.25) is 0 Å². The minimum atomic E-state index is 0.198. The summed E-state index contributed by atoms with van der Waals surface area (Å²) in [6.45, 7) is 2.26. The van der Waals surface area contributed by atoms with Crippen LogP contribution in [0.15, 0.2) is 91.0 Å². The van der Waals surface area contributed by atoms with Gasteiger partial charge in [0.15, 0.2) is 0 Å². The topological polar surface area (TPSA) is 3.24 Å². The molecule has 1 atom stereocenters. The van der Waals surface area contributed by atoms with E-state index in [1.54, 1.807) is 0 Å². The number of hydrogen-bond acceptors (Lipinski definition) is 1. The Morgan fingerprint density at radius 2 is 1.27 bits per heavy atom. The van der Waals surface area contributed by atoms with Crippen molar-refractivity contribution in [3.63, 3.8) is 0 Å². The average molecular weight is 341 g/mol. The first-order chi connectivity index (χ1) is 12.8. The molecule has 3 aromatic rings. The van der Waals surface area contributed by atoms with Gasteiger partial charge in [0.25, 0.3) is 0 Å². The SMILES string of the molecule is CN(CCc1ccccc1)CC1CC1(c1ccccc1)c1ccccc1. The molecule has 0 radical (unpaired) electrons. The highest BCUT2D eigenvalue weighted by Crippen LogP contribution is 2.58. The van der Waals surface area contributed by atoms with Crippen molar-refractivity contribution in [3.05, 3.63) is 108 Å². The quantitative estimate of drug-likeness (QED) is 0.573. The molecule has 1 unspecified atom stereocenters. The Kier molecular flexibility index (Phi) is 4.90. The van der Waals surface area contributed by atoms with Crippen molar-refractivity contribution < 1.29 is 0 Å². The van der Waals surface area contributed by atoms with E-state index in [0.717, 1.165) is 19.5 Å². The highest BCUT2D eigenvalue weighted by molar-refractivity contribution is 5.47. The standard InChI is InChI=1S/C25H27N/c1-26(18-17-21-11-5-2-6-12-21)20-24-19-25(24,22-13-7-3-8-14-22)23-15-9-4-10-16-23/h2-16,24H,17-20H2,1H3. The van der Waals surface area contributed by atoms with Crippen molar-refractivity contribution >= 4 is 0 Å². The van der Waals surface area contributed by atoms with Gasteiger partial charge in [-0.15, -0.1) is 0 Å². The zero-order valence-electron chi connectivity index (χ0n) is 15.5. The van der Waals surface area contributed by atoms with E-state index in [4.69, 9.17) is 0 Å². The van der Waals surface area contributed by atoms with Crippen molar-refractivity contribution in [1.29, 1.82) is 0 Å². The van der Waals surface area contributed by atoms with Crippen LogP contribution in [-0.2, 0) is 11.8 Å². The predicted molar refractivity (Wildman–Crippen MR) is 109 cm³/mol. The molecule has 0 heterocycles. The van der Waals surface area contributed by atoms with E-state index in [-0.39, 0.29) is 5.41 Å². The van der Waals surface area contributed by atoms with E-state index >= 15 is 0 Å². The van der Waals surface area contributed by atoms with E-state index in [1.807, 2.05) is 0 Å². The summed E-state index contributed by atoms with van der Waals surface area (Å²) in [6, 6.07) is 32.9. The fraction of sp³-hybridized carbons (Fsp3) is 0.280. The van der Waals surface area contributed by atoms with Crippen LogP contribution in [0.1, 0.15) is 23.1 Å². The van der Waals surface area contributed by atoms with Crippen molar-refractivity contribution in [1.82, 2.24) is 4.90 Å². The lowest BCUT2D eigenvalue weighted by Crippen LogP contribution is -2.26. The van der Waals surface area contributed by atoms with Crippen LogP contribution >= 0.6 is 0 Å². The molecule has 132 valence electrons. The second kappa shape index (κ2) is 7.47. The lowest BCUT2D eigenvalue weighted by atomic mass is 9.85. The van der Waals surface area contributed by atoms with E-state index < -0.39 is 0 Å². The van der Waals surface area contributed by atoms with Gasteiger partial charge in [-0.3, -0.25) is 0 Å². The Bertz CT molecular complexity index is 771. The summed E-state index contributed by atoms with van der Waals surface area (Å²) in [5.41, 5.74) is 4.55. The third-order valence-electron chi connectivity index (χ3n) is 5.84. The van der Waals surface area contributed by atoms with Crippen LogP contribution < -0.4 is 0 Å². The highest BCUT2D eigenvalue weighted by Gasteiger charge is 2.56. The molecule has 3 aromatic carbocycles. The monoisotopic (exact) mass is 341 g/mol. The average Bonchev–Trinajstić information content (AvgIpc) is 3.43. The lowest BCUT2D eigenvalue weighted by Gasteiger charge is -2.22. The van der Waals surface area contributed by atoms with Crippen molar-refractivity contribution in [2.24, 2.45) is 5.92 Å².